The Balaban J connectivity index is 3.72. The summed E-state index contributed by atoms with van der Waals surface area (Å²) in [5, 5.41) is 0. The van der Waals surface area contributed by atoms with E-state index < -0.39 is 0 Å². The van der Waals surface area contributed by atoms with Crippen LogP contribution >= 0.6 is 15.9 Å². The number of hydrogen-bond acceptors (Lipinski definition) is 2. The predicted octanol–water partition coefficient (Wildman–Crippen LogP) is 2.75. The molecule has 0 saturated carbocycles. The Labute approximate surface area is 82.8 Å². The number of hydrogen-bond donors (Lipinski definition) is 0. The van der Waals surface area contributed by atoms with E-state index in [1.807, 2.05) is 27.7 Å². The van der Waals surface area contributed by atoms with Gasteiger partial charge >= 0.3 is 5.97 Å². The van der Waals surface area contributed by atoms with Gasteiger partial charge in [0.15, 0.2) is 0 Å². The molecule has 72 valence electrons. The third kappa shape index (κ3) is 5.58. The molecule has 0 aliphatic rings. The van der Waals surface area contributed by atoms with Crippen molar-refractivity contribution in [2.45, 2.75) is 38.9 Å². The van der Waals surface area contributed by atoms with Crippen LogP contribution in [0.1, 0.15) is 34.1 Å². The van der Waals surface area contributed by atoms with Gasteiger partial charge in [-0.2, -0.15) is 0 Å². The number of alkyl halides is 1. The van der Waals surface area contributed by atoms with Crippen molar-refractivity contribution in [1.29, 1.82) is 0 Å². The second-order valence-electron chi connectivity index (χ2n) is 4.04. The smallest absolute Gasteiger partial charge is 0.319 e. The molecule has 0 aromatic heterocycles. The first-order chi connectivity index (χ1) is 5.37. The van der Waals surface area contributed by atoms with Crippen molar-refractivity contribution in [1.82, 2.24) is 0 Å². The lowest BCUT2D eigenvalue weighted by atomic mass is 9.99. The number of carbonyl (C=O) groups is 1. The fraction of sp³-hybridized carbons (Fsp3) is 0.889. The third-order valence-corrected chi connectivity index (χ3v) is 2.28. The average molecular weight is 237 g/mol. The monoisotopic (exact) mass is 236 g/mol. The topological polar surface area (TPSA) is 26.3 Å². The van der Waals surface area contributed by atoms with Gasteiger partial charge in [-0.3, -0.25) is 4.79 Å². The highest BCUT2D eigenvalue weighted by Gasteiger charge is 2.18. The van der Waals surface area contributed by atoms with Crippen LogP contribution in [-0.4, -0.2) is 17.4 Å². The molecule has 0 saturated heterocycles. The van der Waals surface area contributed by atoms with Gasteiger partial charge in [0, 0.05) is 0 Å². The van der Waals surface area contributed by atoms with Crippen LogP contribution in [0.3, 0.4) is 0 Å². The van der Waals surface area contributed by atoms with Gasteiger partial charge in [-0.05, 0) is 11.8 Å². The van der Waals surface area contributed by atoms with E-state index in [0.717, 1.165) is 6.42 Å². The molecule has 0 aromatic rings. The molecule has 0 heterocycles. The minimum atomic E-state index is -0.160. The Morgan fingerprint density at radius 3 is 2.33 bits per heavy atom. The van der Waals surface area contributed by atoms with Gasteiger partial charge < -0.3 is 4.74 Å². The van der Waals surface area contributed by atoms with Gasteiger partial charge in [0.25, 0.3) is 0 Å². The molecule has 0 aromatic carbocycles. The Kier molecular flexibility index (Phi) is 4.83. The van der Waals surface area contributed by atoms with Gasteiger partial charge in [-0.25, -0.2) is 0 Å². The molecule has 3 heteroatoms. The number of ether oxygens (including phenoxy) is 1. The predicted molar refractivity (Wildman–Crippen MR) is 53.4 cm³/mol. The van der Waals surface area contributed by atoms with Crippen molar-refractivity contribution < 1.29 is 9.53 Å². The Morgan fingerprint density at radius 1 is 1.50 bits per heavy atom. The summed E-state index contributed by atoms with van der Waals surface area (Å²) in [5.41, 5.74) is 0.0517. The fourth-order valence-electron chi connectivity index (χ4n) is 0.545. The van der Waals surface area contributed by atoms with Crippen LogP contribution in [0.4, 0.5) is 0 Å². The summed E-state index contributed by atoms with van der Waals surface area (Å²) in [6, 6.07) is 0. The zero-order valence-corrected chi connectivity index (χ0v) is 9.77. The molecule has 0 aliphatic heterocycles. The van der Waals surface area contributed by atoms with Crippen molar-refractivity contribution in [3.63, 3.8) is 0 Å². The molecule has 1 unspecified atom stereocenters. The van der Waals surface area contributed by atoms with Crippen LogP contribution in [0.2, 0.25) is 0 Å². The quantitative estimate of drug-likeness (QED) is 0.557. The summed E-state index contributed by atoms with van der Waals surface area (Å²) < 4.78 is 5.07. The normalized spacial score (nSPS) is 14.1. The molecule has 12 heavy (non-hydrogen) atoms. The van der Waals surface area contributed by atoms with Crippen molar-refractivity contribution in [2.24, 2.45) is 5.41 Å². The molecule has 0 spiro atoms. The lowest BCUT2D eigenvalue weighted by molar-refractivity contribution is -0.145. The van der Waals surface area contributed by atoms with Crippen LogP contribution in [-0.2, 0) is 9.53 Å². The first-order valence-corrected chi connectivity index (χ1v) is 5.09. The largest absolute Gasteiger partial charge is 0.464 e. The van der Waals surface area contributed by atoms with Crippen molar-refractivity contribution in [3.05, 3.63) is 0 Å². The summed E-state index contributed by atoms with van der Waals surface area (Å²) >= 11 is 3.24. The summed E-state index contributed by atoms with van der Waals surface area (Å²) in [7, 11) is 0. The standard InChI is InChI=1S/C9H17BrO2/c1-5-7(10)8(11)12-6-9(2,3)4/h7H,5-6H2,1-4H3. The fourth-order valence-corrected chi connectivity index (χ4v) is 0.677. The van der Waals surface area contributed by atoms with E-state index in [1.165, 1.54) is 0 Å². The molecule has 0 bridgehead atoms. The molecule has 2 nitrogen and oxygen atoms in total. The highest BCUT2D eigenvalue weighted by molar-refractivity contribution is 9.10. The van der Waals surface area contributed by atoms with Gasteiger partial charge in [0.05, 0.1) is 6.61 Å². The molecule has 0 amide bonds. The zero-order chi connectivity index (χ0) is 9.78. The molecule has 0 N–H and O–H groups in total. The van der Waals surface area contributed by atoms with E-state index in [1.54, 1.807) is 0 Å². The summed E-state index contributed by atoms with van der Waals surface area (Å²) in [5.74, 6) is -0.160. The first kappa shape index (κ1) is 11.9. The van der Waals surface area contributed by atoms with Crippen molar-refractivity contribution >= 4 is 21.9 Å². The Hall–Kier alpha value is -0.0500. The number of carbonyl (C=O) groups excluding carboxylic acids is 1. The molecule has 0 aliphatic carbocycles. The molecule has 0 radical (unpaired) electrons. The third-order valence-electron chi connectivity index (χ3n) is 1.26. The van der Waals surface area contributed by atoms with E-state index in [9.17, 15) is 4.79 Å². The molecule has 0 fully saturated rings. The van der Waals surface area contributed by atoms with E-state index in [0.29, 0.717) is 6.61 Å². The summed E-state index contributed by atoms with van der Waals surface area (Å²) in [6.07, 6.45) is 0.767. The first-order valence-electron chi connectivity index (χ1n) is 4.17. The van der Waals surface area contributed by atoms with Crippen LogP contribution < -0.4 is 0 Å². The Morgan fingerprint density at radius 2 is 2.00 bits per heavy atom. The molecule has 1 atom stereocenters. The lowest BCUT2D eigenvalue weighted by Crippen LogP contribution is -2.23. The minimum Gasteiger partial charge on any atom is -0.464 e. The molecular formula is C9H17BrO2. The maximum atomic E-state index is 11.2. The van der Waals surface area contributed by atoms with Crippen LogP contribution in [0, 0.1) is 5.41 Å². The average Bonchev–Trinajstić information content (AvgIpc) is 1.97. The van der Waals surface area contributed by atoms with E-state index >= 15 is 0 Å². The van der Waals surface area contributed by atoms with Gasteiger partial charge in [-0.1, -0.05) is 43.6 Å². The summed E-state index contributed by atoms with van der Waals surface area (Å²) in [6.45, 7) is 8.53. The van der Waals surface area contributed by atoms with Crippen LogP contribution in [0.5, 0.6) is 0 Å². The lowest BCUT2D eigenvalue weighted by Gasteiger charge is -2.18. The van der Waals surface area contributed by atoms with Crippen LogP contribution in [0.25, 0.3) is 0 Å². The molecular weight excluding hydrogens is 220 g/mol. The second-order valence-corrected chi connectivity index (χ2v) is 5.15. The van der Waals surface area contributed by atoms with Gasteiger partial charge in [0.1, 0.15) is 4.83 Å². The van der Waals surface area contributed by atoms with Crippen molar-refractivity contribution in [3.8, 4) is 0 Å². The highest BCUT2D eigenvalue weighted by Crippen LogP contribution is 2.15. The minimum absolute atomic E-state index is 0.0517. The maximum Gasteiger partial charge on any atom is 0.319 e. The maximum absolute atomic E-state index is 11.2. The molecule has 0 rings (SSSR count). The van der Waals surface area contributed by atoms with Crippen LogP contribution in [0.15, 0.2) is 0 Å². The van der Waals surface area contributed by atoms with E-state index in [4.69, 9.17) is 4.74 Å². The van der Waals surface area contributed by atoms with E-state index in [-0.39, 0.29) is 16.2 Å². The van der Waals surface area contributed by atoms with Gasteiger partial charge in [0.2, 0.25) is 0 Å². The SMILES string of the molecule is CCC(Br)C(=O)OCC(C)(C)C. The summed E-state index contributed by atoms with van der Waals surface area (Å²) in [4.78, 5) is 11.0. The number of esters is 1. The number of rotatable bonds is 3. The number of halogens is 1. The zero-order valence-electron chi connectivity index (χ0n) is 8.19. The Bertz CT molecular complexity index is 149. The second kappa shape index (κ2) is 4.85. The van der Waals surface area contributed by atoms with Gasteiger partial charge in [-0.15, -0.1) is 0 Å². The van der Waals surface area contributed by atoms with Crippen molar-refractivity contribution in [2.75, 3.05) is 6.61 Å². The highest BCUT2D eigenvalue weighted by atomic mass is 79.9. The van der Waals surface area contributed by atoms with E-state index in [2.05, 4.69) is 15.9 Å².